The van der Waals surface area contributed by atoms with Gasteiger partial charge in [0.05, 0.1) is 18.3 Å². The highest BCUT2D eigenvalue weighted by Gasteiger charge is 2.21. The van der Waals surface area contributed by atoms with Crippen LogP contribution in [0, 0.1) is 11.7 Å². The Morgan fingerprint density at radius 3 is 2.90 bits per heavy atom. The average Bonchev–Trinajstić information content (AvgIpc) is 2.45. The van der Waals surface area contributed by atoms with Gasteiger partial charge in [0.15, 0.2) is 0 Å². The fourth-order valence-corrected chi connectivity index (χ4v) is 3.20. The van der Waals surface area contributed by atoms with E-state index in [0.717, 1.165) is 6.42 Å². The van der Waals surface area contributed by atoms with Crippen molar-refractivity contribution < 1.29 is 13.9 Å². The maximum Gasteiger partial charge on any atom is 0.252 e. The Morgan fingerprint density at radius 1 is 1.43 bits per heavy atom. The van der Waals surface area contributed by atoms with E-state index in [0.29, 0.717) is 35.2 Å². The molecule has 1 fully saturated rings. The molecule has 0 aromatic heterocycles. The minimum atomic E-state index is -0.368. The number of halogens is 2. The Labute approximate surface area is 133 Å². The predicted octanol–water partition coefficient (Wildman–Crippen LogP) is 3.91. The predicted molar refractivity (Wildman–Crippen MR) is 83.8 cm³/mol. The third-order valence-corrected chi connectivity index (χ3v) is 4.58. The van der Waals surface area contributed by atoms with E-state index >= 15 is 0 Å². The van der Waals surface area contributed by atoms with Crippen LogP contribution in [0.25, 0.3) is 0 Å². The summed E-state index contributed by atoms with van der Waals surface area (Å²) in [5.41, 5.74) is 0.433. The molecule has 1 amide bonds. The summed E-state index contributed by atoms with van der Waals surface area (Å²) in [7, 11) is 0. The van der Waals surface area contributed by atoms with Gasteiger partial charge < -0.3 is 10.1 Å². The molecule has 0 saturated heterocycles. The van der Waals surface area contributed by atoms with Crippen molar-refractivity contribution in [1.82, 2.24) is 5.32 Å². The van der Waals surface area contributed by atoms with Crippen molar-refractivity contribution in [2.24, 2.45) is 5.92 Å². The van der Waals surface area contributed by atoms with Crippen molar-refractivity contribution >= 4 is 21.8 Å². The molecular weight excluding hydrogens is 337 g/mol. The number of carbonyl (C=O) groups is 1. The van der Waals surface area contributed by atoms with Gasteiger partial charge >= 0.3 is 0 Å². The monoisotopic (exact) mass is 357 g/mol. The van der Waals surface area contributed by atoms with Crippen molar-refractivity contribution in [3.05, 3.63) is 34.1 Å². The zero-order valence-electron chi connectivity index (χ0n) is 12.2. The largest absolute Gasteiger partial charge is 0.376 e. The topological polar surface area (TPSA) is 38.3 Å². The second kappa shape index (κ2) is 7.90. The molecule has 1 aliphatic carbocycles. The minimum Gasteiger partial charge on any atom is -0.376 e. The fraction of sp³-hybridized carbons (Fsp3) is 0.562. The first-order valence-electron chi connectivity index (χ1n) is 7.43. The molecular formula is C16H21BrFNO2. The summed E-state index contributed by atoms with van der Waals surface area (Å²) in [4.78, 5) is 12.0. The van der Waals surface area contributed by atoms with Crippen LogP contribution in [0.15, 0.2) is 22.7 Å². The Morgan fingerprint density at radius 2 is 2.19 bits per heavy atom. The van der Waals surface area contributed by atoms with Crippen molar-refractivity contribution in [2.75, 3.05) is 13.2 Å². The van der Waals surface area contributed by atoms with E-state index in [2.05, 4.69) is 28.2 Å². The van der Waals surface area contributed by atoms with E-state index < -0.39 is 0 Å². The summed E-state index contributed by atoms with van der Waals surface area (Å²) in [5, 5.41) is 2.80. The van der Waals surface area contributed by atoms with E-state index in [1.165, 1.54) is 37.5 Å². The molecule has 5 heteroatoms. The third kappa shape index (κ3) is 4.78. The van der Waals surface area contributed by atoms with Gasteiger partial charge in [0.2, 0.25) is 0 Å². The summed E-state index contributed by atoms with van der Waals surface area (Å²) < 4.78 is 19.3. The van der Waals surface area contributed by atoms with Crippen LogP contribution in [0.3, 0.4) is 0 Å². The lowest BCUT2D eigenvalue weighted by Crippen LogP contribution is -2.32. The molecule has 21 heavy (non-hydrogen) atoms. The molecule has 116 valence electrons. The summed E-state index contributed by atoms with van der Waals surface area (Å²) in [6.07, 6.45) is 5.16. The Bertz CT molecular complexity index is 495. The first kappa shape index (κ1) is 16.4. The first-order valence-corrected chi connectivity index (χ1v) is 8.22. The number of ether oxygens (including phenoxy) is 1. The summed E-state index contributed by atoms with van der Waals surface area (Å²) in [5.74, 6) is 0.0101. The molecule has 1 aromatic carbocycles. The van der Waals surface area contributed by atoms with Crippen LogP contribution >= 0.6 is 15.9 Å². The van der Waals surface area contributed by atoms with E-state index in [-0.39, 0.29) is 11.7 Å². The number of benzene rings is 1. The molecule has 0 spiro atoms. The fourth-order valence-electron chi connectivity index (χ4n) is 2.67. The van der Waals surface area contributed by atoms with E-state index in [1.54, 1.807) is 0 Å². The van der Waals surface area contributed by atoms with Crippen LogP contribution in [0.4, 0.5) is 4.39 Å². The molecule has 1 saturated carbocycles. The number of hydrogen-bond donors (Lipinski definition) is 1. The summed E-state index contributed by atoms with van der Waals surface area (Å²) in [6.45, 7) is 3.20. The number of hydrogen-bond acceptors (Lipinski definition) is 2. The Kier molecular flexibility index (Phi) is 6.18. The molecule has 1 aromatic rings. The Hall–Kier alpha value is -0.940. The van der Waals surface area contributed by atoms with Crippen LogP contribution in [0.1, 0.15) is 43.0 Å². The van der Waals surface area contributed by atoms with Crippen molar-refractivity contribution in [3.8, 4) is 0 Å². The van der Waals surface area contributed by atoms with Gasteiger partial charge in [-0.1, -0.05) is 19.8 Å². The number of rotatable bonds is 5. The van der Waals surface area contributed by atoms with Crippen LogP contribution in [-0.4, -0.2) is 25.2 Å². The van der Waals surface area contributed by atoms with Crippen LogP contribution in [-0.2, 0) is 4.74 Å². The van der Waals surface area contributed by atoms with Gasteiger partial charge in [0.1, 0.15) is 5.82 Å². The third-order valence-electron chi connectivity index (χ3n) is 3.93. The van der Waals surface area contributed by atoms with Gasteiger partial charge in [0, 0.05) is 11.0 Å². The van der Waals surface area contributed by atoms with Crippen LogP contribution in [0.2, 0.25) is 0 Å². The van der Waals surface area contributed by atoms with E-state index in [1.807, 2.05) is 0 Å². The second-order valence-electron chi connectivity index (χ2n) is 5.55. The Balaban J connectivity index is 1.74. The van der Waals surface area contributed by atoms with Crippen molar-refractivity contribution in [1.29, 1.82) is 0 Å². The SMILES string of the molecule is C[C@@H]1CCCC[C@@H]1OCCNC(=O)c1ccc(F)cc1Br. The van der Waals surface area contributed by atoms with Gasteiger partial charge in [-0.05, 0) is 52.9 Å². The van der Waals surface area contributed by atoms with Gasteiger partial charge in [0.25, 0.3) is 5.91 Å². The average molecular weight is 358 g/mol. The number of amides is 1. The lowest BCUT2D eigenvalue weighted by Gasteiger charge is -2.28. The quantitative estimate of drug-likeness (QED) is 0.811. The van der Waals surface area contributed by atoms with E-state index in [4.69, 9.17) is 4.74 Å². The summed E-state index contributed by atoms with van der Waals surface area (Å²) >= 11 is 3.20. The van der Waals surface area contributed by atoms with Gasteiger partial charge in [-0.25, -0.2) is 4.39 Å². The first-order chi connectivity index (χ1) is 10.1. The smallest absolute Gasteiger partial charge is 0.252 e. The molecule has 2 rings (SSSR count). The normalized spacial score (nSPS) is 22.0. The lowest BCUT2D eigenvalue weighted by atomic mass is 9.88. The molecule has 0 unspecified atom stereocenters. The van der Waals surface area contributed by atoms with Gasteiger partial charge in [-0.15, -0.1) is 0 Å². The molecule has 3 nitrogen and oxygen atoms in total. The molecule has 2 atom stereocenters. The van der Waals surface area contributed by atoms with E-state index in [9.17, 15) is 9.18 Å². The highest BCUT2D eigenvalue weighted by molar-refractivity contribution is 9.10. The van der Waals surface area contributed by atoms with Crippen molar-refractivity contribution in [3.63, 3.8) is 0 Å². The summed E-state index contributed by atoms with van der Waals surface area (Å²) in [6, 6.07) is 4.04. The zero-order chi connectivity index (χ0) is 15.2. The standard InChI is InChI=1S/C16H21BrFNO2/c1-11-4-2-3-5-15(11)21-9-8-19-16(20)13-7-6-12(18)10-14(13)17/h6-7,10-11,15H,2-5,8-9H2,1H3,(H,19,20)/t11-,15+/m1/s1. The number of carbonyl (C=O) groups excluding carboxylic acids is 1. The molecule has 0 heterocycles. The lowest BCUT2D eigenvalue weighted by molar-refractivity contribution is -0.00294. The van der Waals surface area contributed by atoms with Gasteiger partial charge in [-0.3, -0.25) is 4.79 Å². The van der Waals surface area contributed by atoms with Crippen LogP contribution in [0.5, 0.6) is 0 Å². The van der Waals surface area contributed by atoms with Gasteiger partial charge in [-0.2, -0.15) is 0 Å². The minimum absolute atomic E-state index is 0.220. The highest BCUT2D eigenvalue weighted by Crippen LogP contribution is 2.26. The molecule has 0 radical (unpaired) electrons. The number of nitrogens with one attached hydrogen (secondary N) is 1. The molecule has 0 bridgehead atoms. The molecule has 1 N–H and O–H groups in total. The van der Waals surface area contributed by atoms with Crippen molar-refractivity contribution in [2.45, 2.75) is 38.7 Å². The molecule has 1 aliphatic rings. The zero-order valence-corrected chi connectivity index (χ0v) is 13.8. The maximum absolute atomic E-state index is 13.0. The molecule has 0 aliphatic heterocycles. The second-order valence-corrected chi connectivity index (χ2v) is 6.41. The highest BCUT2D eigenvalue weighted by atomic mass is 79.9. The van der Waals surface area contributed by atoms with Crippen LogP contribution < -0.4 is 5.32 Å². The maximum atomic E-state index is 13.0.